The normalized spacial score (nSPS) is 14.7. The Bertz CT molecular complexity index is 519. The molecule has 0 saturated carbocycles. The second-order valence-electron chi connectivity index (χ2n) is 11.7. The largest absolute Gasteiger partial charge is 0.331 e. The molecule has 1 amide bonds. The van der Waals surface area contributed by atoms with E-state index in [2.05, 4.69) is 47.5 Å². The number of nitrogens with zero attached hydrogens (tertiary/aromatic N) is 3. The maximum Gasteiger partial charge on any atom is 0.229 e. The summed E-state index contributed by atoms with van der Waals surface area (Å²) in [5.41, 5.74) is -0.367. The summed E-state index contributed by atoms with van der Waals surface area (Å²) in [4.78, 5) is 24.9. The lowest BCUT2D eigenvalue weighted by molar-refractivity contribution is -0.907. The summed E-state index contributed by atoms with van der Waals surface area (Å²) in [7, 11) is 15.1. The maximum absolute atomic E-state index is 12.6. The van der Waals surface area contributed by atoms with Crippen LogP contribution in [0.1, 0.15) is 40.5 Å². The molecule has 28 heavy (non-hydrogen) atoms. The van der Waals surface area contributed by atoms with Gasteiger partial charge in [0.05, 0.1) is 81.3 Å². The molecule has 1 atom stereocenters. The summed E-state index contributed by atoms with van der Waals surface area (Å²) in [5.74, 6) is 0.923. The van der Waals surface area contributed by atoms with Crippen LogP contribution in [-0.2, 0) is 9.59 Å². The van der Waals surface area contributed by atoms with Crippen molar-refractivity contribution < 1.29 is 23.0 Å². The van der Waals surface area contributed by atoms with E-state index in [9.17, 15) is 9.59 Å². The molecule has 0 heterocycles. The van der Waals surface area contributed by atoms with Gasteiger partial charge in [-0.3, -0.25) is 9.59 Å². The fraction of sp³-hybridized carbons (Fsp3) is 0.909. The van der Waals surface area contributed by atoms with E-state index in [0.717, 1.165) is 35.0 Å². The minimum absolute atomic E-state index is 0.0534. The van der Waals surface area contributed by atoms with Crippen molar-refractivity contribution in [1.29, 1.82) is 0 Å². The maximum atomic E-state index is 12.6. The predicted octanol–water partition coefficient (Wildman–Crippen LogP) is 1.95. The first-order valence-electron chi connectivity index (χ1n) is 10.6. The molecule has 166 valence electrons. The summed E-state index contributed by atoms with van der Waals surface area (Å²) < 4.78 is 2.31. The third-order valence-electron chi connectivity index (χ3n) is 5.43. The monoisotopic (exact) mass is 401 g/mol. The lowest BCUT2D eigenvalue weighted by Crippen LogP contribution is -2.53. The highest BCUT2D eigenvalue weighted by Gasteiger charge is 2.29. The Balaban J connectivity index is 4.49. The molecule has 0 spiro atoms. The van der Waals surface area contributed by atoms with E-state index in [1.165, 1.54) is 0 Å². The van der Waals surface area contributed by atoms with Gasteiger partial charge in [0.1, 0.15) is 6.54 Å². The molecule has 0 aliphatic heterocycles. The number of rotatable bonds is 13. The first-order valence-corrected chi connectivity index (χ1v) is 10.6. The molecule has 0 bridgehead atoms. The second-order valence-corrected chi connectivity index (χ2v) is 11.7. The Labute approximate surface area is 174 Å². The van der Waals surface area contributed by atoms with Crippen LogP contribution in [0.4, 0.5) is 0 Å². The van der Waals surface area contributed by atoms with Gasteiger partial charge in [-0.25, -0.2) is 0 Å². The topological polar surface area (TPSA) is 46.2 Å². The van der Waals surface area contributed by atoms with Crippen molar-refractivity contribution in [2.24, 2.45) is 11.3 Å². The van der Waals surface area contributed by atoms with Gasteiger partial charge in [0, 0.05) is 5.41 Å². The highest BCUT2D eigenvalue weighted by Crippen LogP contribution is 2.19. The Hall–Kier alpha value is -0.980. The standard InChI is InChI=1S/C22H48N4O2/c1-12-22(3,4)21(28)23-18-26(10,11)17-20(27)13-14-25(8,9)16-19(2)15-24(5,6)7/h19H,12-18H2,1-11H3/q+2/p+1. The number of hydrogen-bond donors (Lipinski definition) is 1. The molecule has 0 aliphatic rings. The fourth-order valence-electron chi connectivity index (χ4n) is 3.65. The van der Waals surface area contributed by atoms with Gasteiger partial charge in [0.15, 0.2) is 12.5 Å². The van der Waals surface area contributed by atoms with Crippen molar-refractivity contribution in [3.63, 3.8) is 0 Å². The van der Waals surface area contributed by atoms with Crippen LogP contribution in [0.2, 0.25) is 0 Å². The molecular formula is C22H49N4O2+3. The third kappa shape index (κ3) is 11.8. The second kappa shape index (κ2) is 10.2. The number of quaternary nitrogens is 3. The number of carbonyl (C=O) groups excluding carboxylic acids is 2. The van der Waals surface area contributed by atoms with Crippen molar-refractivity contribution in [3.05, 3.63) is 0 Å². The molecule has 0 rings (SSSR count). The Morgan fingerprint density at radius 2 is 1.46 bits per heavy atom. The van der Waals surface area contributed by atoms with E-state index in [1.807, 2.05) is 34.9 Å². The van der Waals surface area contributed by atoms with Gasteiger partial charge in [-0.2, -0.15) is 0 Å². The van der Waals surface area contributed by atoms with Gasteiger partial charge in [-0.05, 0) is 6.42 Å². The van der Waals surface area contributed by atoms with E-state index in [-0.39, 0.29) is 17.1 Å². The van der Waals surface area contributed by atoms with Crippen LogP contribution in [0.25, 0.3) is 0 Å². The minimum atomic E-state index is -0.367. The Morgan fingerprint density at radius 1 is 0.929 bits per heavy atom. The summed E-state index contributed by atoms with van der Waals surface area (Å²) >= 11 is 0. The smallest absolute Gasteiger partial charge is 0.229 e. The number of Topliss-reactive ketones (excluding diaryl/α,β-unsaturated/α-hetero) is 1. The molecule has 0 aliphatic carbocycles. The van der Waals surface area contributed by atoms with Crippen LogP contribution in [-0.4, -0.2) is 107 Å². The first kappa shape index (κ1) is 27.0. The minimum Gasteiger partial charge on any atom is -0.331 e. The first-order chi connectivity index (χ1) is 12.4. The summed E-state index contributed by atoms with van der Waals surface area (Å²) in [6.45, 7) is 12.2. The zero-order chi connectivity index (χ0) is 22.4. The van der Waals surface area contributed by atoms with E-state index in [4.69, 9.17) is 0 Å². The molecule has 0 aromatic carbocycles. The predicted molar refractivity (Wildman–Crippen MR) is 118 cm³/mol. The molecule has 0 aromatic rings. The van der Waals surface area contributed by atoms with Crippen LogP contribution >= 0.6 is 0 Å². The highest BCUT2D eigenvalue weighted by molar-refractivity contribution is 5.81. The number of ketones is 1. The number of hydrogen-bond acceptors (Lipinski definition) is 2. The van der Waals surface area contributed by atoms with Crippen molar-refractivity contribution in [2.45, 2.75) is 40.5 Å². The Morgan fingerprint density at radius 3 is 1.93 bits per heavy atom. The van der Waals surface area contributed by atoms with Gasteiger partial charge < -0.3 is 18.8 Å². The number of likely N-dealkylation sites (N-methyl/N-ethyl adjacent to an activating group) is 1. The number of carbonyl (C=O) groups is 2. The summed E-state index contributed by atoms with van der Waals surface area (Å²) in [6, 6.07) is 0. The highest BCUT2D eigenvalue weighted by atomic mass is 16.2. The lowest BCUT2D eigenvalue weighted by Gasteiger charge is -2.35. The lowest BCUT2D eigenvalue weighted by atomic mass is 9.89. The van der Waals surface area contributed by atoms with Crippen LogP contribution in [0.15, 0.2) is 0 Å². The number of nitrogens with one attached hydrogen (secondary N) is 1. The van der Waals surface area contributed by atoms with Crippen LogP contribution in [0, 0.1) is 11.3 Å². The molecule has 0 aromatic heterocycles. The van der Waals surface area contributed by atoms with E-state index >= 15 is 0 Å². The average molecular weight is 402 g/mol. The summed E-state index contributed by atoms with van der Waals surface area (Å²) in [5, 5.41) is 3.02. The van der Waals surface area contributed by atoms with Crippen LogP contribution in [0.3, 0.4) is 0 Å². The van der Waals surface area contributed by atoms with Gasteiger partial charge in [-0.1, -0.05) is 27.7 Å². The molecule has 0 saturated heterocycles. The molecular weight excluding hydrogens is 352 g/mol. The van der Waals surface area contributed by atoms with Crippen molar-refractivity contribution in [3.8, 4) is 0 Å². The molecule has 6 heteroatoms. The van der Waals surface area contributed by atoms with Crippen molar-refractivity contribution >= 4 is 11.7 Å². The molecule has 1 unspecified atom stereocenters. The third-order valence-corrected chi connectivity index (χ3v) is 5.43. The molecule has 6 nitrogen and oxygen atoms in total. The molecule has 0 radical (unpaired) electrons. The fourth-order valence-corrected chi connectivity index (χ4v) is 3.65. The van der Waals surface area contributed by atoms with Crippen LogP contribution in [0.5, 0.6) is 0 Å². The zero-order valence-corrected chi connectivity index (χ0v) is 20.7. The van der Waals surface area contributed by atoms with Gasteiger partial charge in [0.2, 0.25) is 5.91 Å². The van der Waals surface area contributed by atoms with Gasteiger partial charge >= 0.3 is 0 Å². The Kier molecular flexibility index (Phi) is 9.81. The van der Waals surface area contributed by atoms with E-state index in [1.54, 1.807) is 0 Å². The van der Waals surface area contributed by atoms with Crippen molar-refractivity contribution in [1.82, 2.24) is 5.32 Å². The SMILES string of the molecule is CCC(C)(C)C(=O)NC[N+](C)(C)CC(=O)CC[N+](C)(C)CC(C)C[N+](C)(C)C. The van der Waals surface area contributed by atoms with E-state index < -0.39 is 0 Å². The van der Waals surface area contributed by atoms with Crippen LogP contribution < -0.4 is 5.32 Å². The quantitative estimate of drug-likeness (QED) is 0.379. The molecule has 0 fully saturated rings. The van der Waals surface area contributed by atoms with E-state index in [0.29, 0.717) is 30.0 Å². The average Bonchev–Trinajstić information content (AvgIpc) is 2.47. The number of amides is 1. The summed E-state index contributed by atoms with van der Waals surface area (Å²) in [6.07, 6.45) is 1.38. The van der Waals surface area contributed by atoms with Gasteiger partial charge in [-0.15, -0.1) is 0 Å². The molecule has 1 N–H and O–H groups in total. The van der Waals surface area contributed by atoms with Crippen molar-refractivity contribution in [2.75, 3.05) is 82.2 Å². The zero-order valence-electron chi connectivity index (χ0n) is 20.7. The van der Waals surface area contributed by atoms with Gasteiger partial charge in [0.25, 0.3) is 0 Å².